The molecule has 2 N–H and O–H groups in total. The minimum Gasteiger partial charge on any atom is -0.392 e. The van der Waals surface area contributed by atoms with Crippen LogP contribution in [0, 0.1) is 0 Å². The largest absolute Gasteiger partial charge is 0.392 e. The second-order valence-corrected chi connectivity index (χ2v) is 9.12. The molecule has 4 nitrogen and oxygen atoms in total. The number of aliphatic hydroxyl groups excluding tert-OH is 1. The molecular weight excluding hydrogens is 392 g/mol. The van der Waals surface area contributed by atoms with Gasteiger partial charge in [-0.15, -0.1) is 23.7 Å². The fourth-order valence-corrected chi connectivity index (χ4v) is 5.85. The van der Waals surface area contributed by atoms with E-state index >= 15 is 0 Å². The minimum absolute atomic E-state index is 0. The number of aromatic nitrogens is 1. The lowest BCUT2D eigenvalue weighted by Gasteiger charge is -2.46. The van der Waals surface area contributed by atoms with Crippen LogP contribution in [0.1, 0.15) is 61.1 Å². The van der Waals surface area contributed by atoms with Crippen LogP contribution in [0.5, 0.6) is 0 Å². The molecule has 6 heteroatoms. The summed E-state index contributed by atoms with van der Waals surface area (Å²) in [6, 6.07) is 8.34. The second-order valence-electron chi connectivity index (χ2n) is 8.11. The lowest BCUT2D eigenvalue weighted by atomic mass is 9.68. The molecule has 1 spiro atoms. The van der Waals surface area contributed by atoms with E-state index in [0.717, 1.165) is 44.5 Å². The molecule has 1 saturated carbocycles. The van der Waals surface area contributed by atoms with E-state index in [4.69, 9.17) is 9.72 Å². The van der Waals surface area contributed by atoms with E-state index in [9.17, 15) is 5.11 Å². The maximum Gasteiger partial charge on any atom is 0.0693 e. The van der Waals surface area contributed by atoms with Gasteiger partial charge in [0.15, 0.2) is 0 Å². The minimum atomic E-state index is 0. The molecule has 1 unspecified atom stereocenters. The van der Waals surface area contributed by atoms with Crippen molar-refractivity contribution in [2.24, 2.45) is 0 Å². The fraction of sp³-hybridized carbons (Fsp3) is 0.591. The van der Waals surface area contributed by atoms with Crippen LogP contribution >= 0.6 is 23.7 Å². The number of rotatable bonds is 7. The molecule has 28 heavy (non-hydrogen) atoms. The van der Waals surface area contributed by atoms with Crippen molar-refractivity contribution >= 4 is 23.7 Å². The Labute approximate surface area is 178 Å². The molecule has 1 saturated heterocycles. The Kier molecular flexibility index (Phi) is 7.51. The summed E-state index contributed by atoms with van der Waals surface area (Å²) in [6.07, 6.45) is 10.1. The molecule has 0 amide bonds. The first kappa shape index (κ1) is 21.7. The number of pyridine rings is 1. The highest BCUT2D eigenvalue weighted by molar-refractivity contribution is 7.10. The number of hydrogen-bond donors (Lipinski definition) is 2. The molecule has 0 aromatic carbocycles. The van der Waals surface area contributed by atoms with Crippen molar-refractivity contribution in [1.82, 2.24) is 10.3 Å². The third-order valence-corrected chi connectivity index (χ3v) is 7.41. The summed E-state index contributed by atoms with van der Waals surface area (Å²) >= 11 is 1.72. The van der Waals surface area contributed by atoms with Crippen LogP contribution in [0.3, 0.4) is 0 Å². The van der Waals surface area contributed by atoms with E-state index in [1.54, 1.807) is 11.3 Å². The zero-order valence-corrected chi connectivity index (χ0v) is 18.0. The van der Waals surface area contributed by atoms with Crippen LogP contribution < -0.4 is 5.32 Å². The Hall–Kier alpha value is -0.980. The number of thiophene rings is 1. The third-order valence-electron chi connectivity index (χ3n) is 6.45. The first-order valence-electron chi connectivity index (χ1n) is 10.2. The van der Waals surface area contributed by atoms with Crippen LogP contribution in [-0.4, -0.2) is 28.8 Å². The van der Waals surface area contributed by atoms with E-state index in [2.05, 4.69) is 22.8 Å². The number of halogens is 1. The Bertz CT molecular complexity index is 733. The number of hydrogen-bond acceptors (Lipinski definition) is 5. The SMILES string of the molecule is Cl.OCc1ccsc1CNCCC1(c2ccccn2)CCOC2(CCCC2)C1. The van der Waals surface area contributed by atoms with Gasteiger partial charge in [-0.2, -0.15) is 0 Å². The van der Waals surface area contributed by atoms with E-state index in [-0.39, 0.29) is 30.0 Å². The van der Waals surface area contributed by atoms with E-state index in [1.807, 2.05) is 18.3 Å². The summed E-state index contributed by atoms with van der Waals surface area (Å²) in [7, 11) is 0. The van der Waals surface area contributed by atoms with Crippen molar-refractivity contribution in [3.05, 3.63) is 52.0 Å². The normalized spacial score (nSPS) is 23.6. The van der Waals surface area contributed by atoms with Crippen molar-refractivity contribution < 1.29 is 9.84 Å². The lowest BCUT2D eigenvalue weighted by Crippen LogP contribution is -2.47. The Morgan fingerprint density at radius 1 is 1.18 bits per heavy atom. The molecule has 1 atom stereocenters. The molecule has 1 aliphatic carbocycles. The van der Waals surface area contributed by atoms with E-state index < -0.39 is 0 Å². The summed E-state index contributed by atoms with van der Waals surface area (Å²) in [6.45, 7) is 2.75. The number of nitrogens with zero attached hydrogens (tertiary/aromatic N) is 1. The molecule has 2 fully saturated rings. The average molecular weight is 423 g/mol. The topological polar surface area (TPSA) is 54.4 Å². The third kappa shape index (κ3) is 4.60. The summed E-state index contributed by atoms with van der Waals surface area (Å²) < 4.78 is 6.32. The average Bonchev–Trinajstić information content (AvgIpc) is 3.35. The van der Waals surface area contributed by atoms with Crippen molar-refractivity contribution in [2.45, 2.75) is 69.1 Å². The molecule has 3 heterocycles. The van der Waals surface area contributed by atoms with Crippen LogP contribution in [0.25, 0.3) is 0 Å². The molecular formula is C22H31ClN2O2S. The van der Waals surface area contributed by atoms with Gasteiger partial charge < -0.3 is 15.2 Å². The molecule has 4 rings (SSSR count). The van der Waals surface area contributed by atoms with Crippen LogP contribution in [0.4, 0.5) is 0 Å². The van der Waals surface area contributed by atoms with Gasteiger partial charge in [-0.05, 0) is 67.8 Å². The summed E-state index contributed by atoms with van der Waals surface area (Å²) in [5.41, 5.74) is 2.45. The number of nitrogens with one attached hydrogen (secondary N) is 1. The highest BCUT2D eigenvalue weighted by Gasteiger charge is 2.48. The first-order chi connectivity index (χ1) is 13.3. The second kappa shape index (κ2) is 9.68. The Morgan fingerprint density at radius 2 is 2.04 bits per heavy atom. The van der Waals surface area contributed by atoms with Gasteiger partial charge in [0.05, 0.1) is 12.2 Å². The van der Waals surface area contributed by atoms with Gasteiger partial charge >= 0.3 is 0 Å². The zero-order valence-electron chi connectivity index (χ0n) is 16.4. The van der Waals surface area contributed by atoms with Crippen molar-refractivity contribution in [3.8, 4) is 0 Å². The standard InChI is InChI=1S/C22H30N2O2S.ClH/c25-16-18-6-14-27-19(18)15-23-12-9-21(20-5-1-4-11-24-20)10-13-26-22(17-21)7-2-3-8-22;/h1,4-6,11,14,23,25H,2-3,7-10,12-13,15-17H2;1H. The van der Waals surface area contributed by atoms with E-state index in [0.29, 0.717) is 0 Å². The molecule has 0 radical (unpaired) electrons. The molecule has 0 bridgehead atoms. The van der Waals surface area contributed by atoms with Crippen molar-refractivity contribution in [3.63, 3.8) is 0 Å². The predicted octanol–water partition coefficient (Wildman–Crippen LogP) is 4.60. The van der Waals surface area contributed by atoms with Gasteiger partial charge in [-0.25, -0.2) is 0 Å². The van der Waals surface area contributed by atoms with Gasteiger partial charge in [0.2, 0.25) is 0 Å². The van der Waals surface area contributed by atoms with Gasteiger partial charge in [0.25, 0.3) is 0 Å². The maximum atomic E-state index is 9.43. The number of ether oxygens (including phenoxy) is 1. The maximum absolute atomic E-state index is 9.43. The quantitative estimate of drug-likeness (QED) is 0.640. The summed E-state index contributed by atoms with van der Waals surface area (Å²) in [4.78, 5) is 6.01. The summed E-state index contributed by atoms with van der Waals surface area (Å²) in [5.74, 6) is 0. The van der Waals surface area contributed by atoms with Gasteiger partial charge in [0.1, 0.15) is 0 Å². The zero-order chi connectivity index (χ0) is 18.6. The fourth-order valence-electron chi connectivity index (χ4n) is 4.99. The number of aliphatic hydroxyl groups is 1. The molecule has 154 valence electrons. The molecule has 1 aliphatic heterocycles. The monoisotopic (exact) mass is 422 g/mol. The van der Waals surface area contributed by atoms with Gasteiger partial charge in [0, 0.05) is 35.3 Å². The molecule has 2 aromatic heterocycles. The smallest absolute Gasteiger partial charge is 0.0693 e. The highest BCUT2D eigenvalue weighted by atomic mass is 35.5. The molecule has 2 aromatic rings. The highest BCUT2D eigenvalue weighted by Crippen LogP contribution is 2.49. The molecule has 2 aliphatic rings. The Morgan fingerprint density at radius 3 is 2.79 bits per heavy atom. The van der Waals surface area contributed by atoms with Crippen molar-refractivity contribution in [1.29, 1.82) is 0 Å². The van der Waals surface area contributed by atoms with Gasteiger partial charge in [-0.1, -0.05) is 18.9 Å². The lowest BCUT2D eigenvalue weighted by molar-refractivity contribution is -0.104. The van der Waals surface area contributed by atoms with Gasteiger partial charge in [-0.3, -0.25) is 4.98 Å². The summed E-state index contributed by atoms with van der Waals surface area (Å²) in [5, 5.41) is 15.1. The Balaban J connectivity index is 0.00000225. The van der Waals surface area contributed by atoms with Crippen LogP contribution in [0.2, 0.25) is 0 Å². The van der Waals surface area contributed by atoms with Crippen LogP contribution in [-0.2, 0) is 23.3 Å². The van der Waals surface area contributed by atoms with Crippen LogP contribution in [0.15, 0.2) is 35.8 Å². The first-order valence-corrected chi connectivity index (χ1v) is 11.1. The van der Waals surface area contributed by atoms with Crippen molar-refractivity contribution in [2.75, 3.05) is 13.2 Å². The predicted molar refractivity (Wildman–Crippen MR) is 116 cm³/mol. The van der Waals surface area contributed by atoms with E-state index in [1.165, 1.54) is 36.3 Å².